The zero-order valence-electron chi connectivity index (χ0n) is 43.2. The smallest absolute Gasteiger partial charge is 0.197 e. The molecule has 4 aliphatic rings. The van der Waals surface area contributed by atoms with Gasteiger partial charge in [0.1, 0.15) is 0 Å². The Morgan fingerprint density at radius 1 is 0.551 bits per heavy atom. The van der Waals surface area contributed by atoms with Gasteiger partial charge in [0, 0.05) is 59.0 Å². The zero-order valence-corrected chi connectivity index (χ0v) is 44.0. The number of aromatic nitrogens is 1. The first kappa shape index (κ1) is 43.4. The molecule has 0 bridgehead atoms. The Hall–Kier alpha value is -5.58. The van der Waals surface area contributed by atoms with E-state index in [4.69, 9.17) is 0 Å². The van der Waals surface area contributed by atoms with E-state index in [0.717, 1.165) is 18.5 Å². The molecule has 3 heterocycles. The monoisotopic (exact) mass is 918 g/mol. The summed E-state index contributed by atoms with van der Waals surface area (Å²) in [6.07, 6.45) is 4.68. The van der Waals surface area contributed by atoms with E-state index >= 15 is 0 Å². The van der Waals surface area contributed by atoms with Crippen LogP contribution in [0.2, 0.25) is 0 Å². The van der Waals surface area contributed by atoms with Crippen molar-refractivity contribution in [1.29, 1.82) is 0 Å². The minimum Gasteiger partial charge on any atom is -0.355 e. The van der Waals surface area contributed by atoms with Crippen LogP contribution in [0.15, 0.2) is 109 Å². The number of hydrogen-bond donors (Lipinski definition) is 1. The Labute approximate surface area is 414 Å². The van der Waals surface area contributed by atoms with Crippen LogP contribution in [0.4, 0.5) is 11.4 Å². The predicted octanol–water partition coefficient (Wildman–Crippen LogP) is 16.8. The maximum atomic E-state index is 4.14. The Balaban J connectivity index is 1.21. The number of thiophene rings is 1. The van der Waals surface area contributed by atoms with E-state index in [0.29, 0.717) is 0 Å². The summed E-state index contributed by atoms with van der Waals surface area (Å²) in [6, 6.07) is 43.3. The van der Waals surface area contributed by atoms with Gasteiger partial charge in [0.15, 0.2) is 7.28 Å². The van der Waals surface area contributed by atoms with Crippen molar-refractivity contribution in [3.63, 3.8) is 0 Å². The molecule has 1 aliphatic heterocycles. The summed E-state index contributed by atoms with van der Waals surface area (Å²) >= 11 is 2.00. The molecule has 0 fully saturated rings. The highest BCUT2D eigenvalue weighted by Crippen LogP contribution is 2.56. The molecule has 13 rings (SSSR count). The van der Waals surface area contributed by atoms with Gasteiger partial charge in [0.25, 0.3) is 0 Å². The van der Waals surface area contributed by atoms with E-state index in [1.54, 1.807) is 0 Å². The minimum absolute atomic E-state index is 0.0221. The van der Waals surface area contributed by atoms with Crippen molar-refractivity contribution in [2.75, 3.05) is 5.32 Å². The summed E-state index contributed by atoms with van der Waals surface area (Å²) in [4.78, 5) is 0. The van der Waals surface area contributed by atoms with Crippen LogP contribution in [0.25, 0.3) is 69.9 Å². The second-order valence-corrected chi connectivity index (χ2v) is 26.8. The van der Waals surface area contributed by atoms with Crippen molar-refractivity contribution < 1.29 is 0 Å². The lowest BCUT2D eigenvalue weighted by Gasteiger charge is -2.42. The fourth-order valence-electron chi connectivity index (χ4n) is 13.6. The Morgan fingerprint density at radius 2 is 1.16 bits per heavy atom. The Kier molecular flexibility index (Phi) is 8.72. The van der Waals surface area contributed by atoms with Gasteiger partial charge in [-0.3, -0.25) is 0 Å². The van der Waals surface area contributed by atoms with Gasteiger partial charge in [-0.1, -0.05) is 156 Å². The molecule has 4 heteroatoms. The fourth-order valence-corrected chi connectivity index (χ4v) is 14.8. The summed E-state index contributed by atoms with van der Waals surface area (Å²) in [6.45, 7) is 31.6. The number of hydrogen-bond acceptors (Lipinski definition) is 2. The van der Waals surface area contributed by atoms with E-state index in [-0.39, 0.29) is 32.5 Å². The molecule has 0 saturated heterocycles. The van der Waals surface area contributed by atoms with Gasteiger partial charge in [0.2, 0.25) is 0 Å². The molecule has 0 atom stereocenters. The number of anilines is 2. The van der Waals surface area contributed by atoms with Crippen LogP contribution >= 0.6 is 11.3 Å². The van der Waals surface area contributed by atoms with Gasteiger partial charge in [-0.15, -0.1) is 11.3 Å². The number of nitrogens with one attached hydrogen (secondary N) is 1. The van der Waals surface area contributed by atoms with Gasteiger partial charge < -0.3 is 9.88 Å². The largest absolute Gasteiger partial charge is 0.355 e. The van der Waals surface area contributed by atoms with Crippen molar-refractivity contribution in [2.24, 2.45) is 0 Å². The average Bonchev–Trinajstić information content (AvgIpc) is 3.92. The molecular formula is C65H66BN2S. The molecule has 0 saturated carbocycles. The third-order valence-corrected chi connectivity index (χ3v) is 19.3. The van der Waals surface area contributed by atoms with Gasteiger partial charge >= 0.3 is 0 Å². The normalized spacial score (nSPS) is 18.7. The second kappa shape index (κ2) is 13.8. The van der Waals surface area contributed by atoms with Crippen LogP contribution in [-0.2, 0) is 32.5 Å². The topological polar surface area (TPSA) is 17.0 Å². The van der Waals surface area contributed by atoms with E-state index in [9.17, 15) is 0 Å². The van der Waals surface area contributed by atoms with Gasteiger partial charge in [0.05, 0.1) is 11.0 Å². The average molecular weight is 918 g/mol. The van der Waals surface area contributed by atoms with Crippen LogP contribution in [0.5, 0.6) is 0 Å². The standard InChI is InChI=1S/C65H66BN2S/c1-60(2,3)36-22-24-37(25-23-36)67-50-33-47-45(61(4,5)26-28-63(47,8)9)30-41(50)54-55-39-19-15-17-21-53(39)69-59(55)56-42-31-46-48(64(10,11)29-27-62(46,6)7)35-51(42)68-52-34-44-40(32-49(52)66-57(54)58(56)68)38-18-14-16-20-43(38)65(44,12)13/h14-25,30-35,67H,26-29H2,1-13H3. The van der Waals surface area contributed by atoms with E-state index in [2.05, 4.69) is 216 Å². The van der Waals surface area contributed by atoms with Crippen molar-refractivity contribution in [1.82, 2.24) is 4.57 Å². The summed E-state index contributed by atoms with van der Waals surface area (Å²) < 4.78 is 5.47. The van der Waals surface area contributed by atoms with Crippen molar-refractivity contribution in [3.05, 3.63) is 148 Å². The van der Waals surface area contributed by atoms with Crippen molar-refractivity contribution in [3.8, 4) is 27.9 Å². The highest BCUT2D eigenvalue weighted by atomic mass is 32.1. The van der Waals surface area contributed by atoms with Gasteiger partial charge in [-0.05, 0) is 162 Å². The first-order chi connectivity index (χ1) is 32.5. The van der Waals surface area contributed by atoms with Gasteiger partial charge in [-0.25, -0.2) is 0 Å². The van der Waals surface area contributed by atoms with Crippen LogP contribution in [0, 0.1) is 0 Å². The van der Waals surface area contributed by atoms with E-state index < -0.39 is 0 Å². The lowest BCUT2D eigenvalue weighted by atomic mass is 9.57. The SMILES string of the molecule is CC(C)(C)c1ccc(Nc2cc3c(cc2-c2c4c5c(c6cc7c(cc6n5-c5cc6c(cc5[B]4)-c4ccccc4C6(C)C)C(C)(C)CCC7(C)C)c4sc5ccccc5c24)C(C)(C)CCC3(C)C)cc1. The van der Waals surface area contributed by atoms with Crippen LogP contribution in [0.1, 0.15) is 155 Å². The minimum atomic E-state index is -0.121. The maximum Gasteiger partial charge on any atom is 0.197 e. The maximum absolute atomic E-state index is 4.14. The highest BCUT2D eigenvalue weighted by molar-refractivity contribution is 7.27. The number of fused-ring (bicyclic) bond motifs is 14. The Bertz CT molecular complexity index is 3730. The van der Waals surface area contributed by atoms with Crippen LogP contribution < -0.4 is 16.2 Å². The molecule has 0 spiro atoms. The second-order valence-electron chi connectivity index (χ2n) is 25.8. The lowest BCUT2D eigenvalue weighted by Crippen LogP contribution is -2.38. The zero-order chi connectivity index (χ0) is 48.1. The molecule has 69 heavy (non-hydrogen) atoms. The summed E-state index contributed by atoms with van der Waals surface area (Å²) in [5.74, 6) is 0. The third-order valence-electron chi connectivity index (χ3n) is 18.1. The van der Waals surface area contributed by atoms with Gasteiger partial charge in [-0.2, -0.15) is 0 Å². The quantitative estimate of drug-likeness (QED) is 0.175. The predicted molar refractivity (Wildman–Crippen MR) is 301 cm³/mol. The van der Waals surface area contributed by atoms with Crippen molar-refractivity contribution in [2.45, 2.75) is 148 Å². The molecule has 2 nitrogen and oxygen atoms in total. The first-order valence-electron chi connectivity index (χ1n) is 25.8. The molecule has 9 aromatic rings. The fraction of sp³-hybridized carbons (Fsp3) is 0.354. The molecule has 1 N–H and O–H groups in total. The number of nitrogens with zero attached hydrogens (tertiary/aromatic N) is 1. The first-order valence-corrected chi connectivity index (χ1v) is 26.6. The molecule has 3 aliphatic carbocycles. The van der Waals surface area contributed by atoms with Crippen molar-refractivity contribution >= 4 is 82.9 Å². The van der Waals surface area contributed by atoms with Crippen LogP contribution in [-0.4, -0.2) is 11.8 Å². The molecule has 1 radical (unpaired) electrons. The lowest BCUT2D eigenvalue weighted by molar-refractivity contribution is 0.332. The van der Waals surface area contributed by atoms with E-state index in [1.807, 2.05) is 11.3 Å². The molecule has 7 aromatic carbocycles. The van der Waals surface area contributed by atoms with Crippen LogP contribution in [0.3, 0.4) is 0 Å². The third kappa shape index (κ3) is 6.03. The highest BCUT2D eigenvalue weighted by Gasteiger charge is 2.43. The number of benzene rings is 7. The summed E-state index contributed by atoms with van der Waals surface area (Å²) in [5.41, 5.74) is 24.5. The summed E-state index contributed by atoms with van der Waals surface area (Å²) in [5, 5.41) is 9.64. The molecule has 0 unspecified atom stereocenters. The van der Waals surface area contributed by atoms with E-state index in [1.165, 1.54) is 138 Å². The molecule has 0 amide bonds. The summed E-state index contributed by atoms with van der Waals surface area (Å²) in [7, 11) is 2.61. The molecular weight excluding hydrogens is 852 g/mol. The molecule has 2 aromatic heterocycles. The molecule has 345 valence electrons. The Morgan fingerprint density at radius 3 is 1.84 bits per heavy atom. The number of rotatable bonds is 3.